The third-order valence-corrected chi connectivity index (χ3v) is 7.54. The van der Waals surface area contributed by atoms with E-state index in [-0.39, 0.29) is 11.3 Å². The van der Waals surface area contributed by atoms with Gasteiger partial charge in [-0.05, 0) is 53.4 Å². The van der Waals surface area contributed by atoms with E-state index in [0.29, 0.717) is 42.9 Å². The molecule has 0 bridgehead atoms. The highest BCUT2D eigenvalue weighted by Gasteiger charge is 2.18. The van der Waals surface area contributed by atoms with E-state index in [4.69, 9.17) is 27.6 Å². The van der Waals surface area contributed by atoms with Gasteiger partial charge >= 0.3 is 5.63 Å². The number of hydrogen-bond donors (Lipinski definition) is 1. The van der Waals surface area contributed by atoms with Gasteiger partial charge in [0.05, 0.1) is 27.0 Å². The van der Waals surface area contributed by atoms with Crippen molar-refractivity contribution in [2.75, 3.05) is 5.43 Å². The quantitative estimate of drug-likeness (QED) is 0.229. The fourth-order valence-corrected chi connectivity index (χ4v) is 5.03. The van der Waals surface area contributed by atoms with E-state index < -0.39 is 5.63 Å². The normalized spacial score (nSPS) is 12.2. The zero-order chi connectivity index (χ0) is 27.0. The summed E-state index contributed by atoms with van der Waals surface area (Å²) in [6.07, 6.45) is 0. The molecule has 2 aromatic heterocycles. The third kappa shape index (κ3) is 5.31. The number of fused-ring (bicyclic) bond motifs is 1. The van der Waals surface area contributed by atoms with Gasteiger partial charge in [-0.25, -0.2) is 14.5 Å². The first kappa shape index (κ1) is 26.0. The van der Waals surface area contributed by atoms with E-state index in [2.05, 4.69) is 31.2 Å². The zero-order valence-electron chi connectivity index (χ0n) is 20.8. The number of nitrogens with one attached hydrogen (secondary N) is 1. The second kappa shape index (κ2) is 10.3. The van der Waals surface area contributed by atoms with Crippen LogP contribution in [0.25, 0.3) is 22.2 Å². The molecule has 9 heteroatoms. The van der Waals surface area contributed by atoms with Gasteiger partial charge in [-0.2, -0.15) is 0 Å². The molecule has 6 nitrogen and oxygen atoms in total. The van der Waals surface area contributed by atoms with Crippen LogP contribution in [-0.2, 0) is 5.41 Å². The van der Waals surface area contributed by atoms with E-state index in [1.165, 1.54) is 16.0 Å². The number of rotatable bonds is 4. The number of amides is 1. The van der Waals surface area contributed by atoms with Crippen LogP contribution in [0, 0.1) is 0 Å². The molecule has 3 aromatic carbocycles. The SMILES string of the molecule is CC(C)(C)c1ccc(C(=O)Nn2c(-c3cc4ccccc4oc3=O)csc2=Nc2ccc(Cl)c(Cl)c2)cc1. The van der Waals surface area contributed by atoms with Crippen LogP contribution in [0.15, 0.2) is 92.4 Å². The number of carbonyl (C=O) groups excluding carboxylic acids is 1. The molecule has 192 valence electrons. The third-order valence-electron chi connectivity index (χ3n) is 5.98. The maximum absolute atomic E-state index is 13.3. The fourth-order valence-electron chi connectivity index (χ4n) is 3.88. The minimum atomic E-state index is -0.528. The molecule has 5 aromatic rings. The average Bonchev–Trinajstić information content (AvgIpc) is 3.26. The summed E-state index contributed by atoms with van der Waals surface area (Å²) in [7, 11) is 0. The van der Waals surface area contributed by atoms with Crippen LogP contribution < -0.4 is 15.9 Å². The van der Waals surface area contributed by atoms with Crippen LogP contribution in [0.1, 0.15) is 36.7 Å². The lowest BCUT2D eigenvalue weighted by Crippen LogP contribution is -2.32. The summed E-state index contributed by atoms with van der Waals surface area (Å²) < 4.78 is 7.05. The second-order valence-corrected chi connectivity index (χ2v) is 11.4. The summed E-state index contributed by atoms with van der Waals surface area (Å²) in [5, 5.41) is 3.27. The highest BCUT2D eigenvalue weighted by atomic mass is 35.5. The number of para-hydroxylation sites is 1. The summed E-state index contributed by atoms with van der Waals surface area (Å²) >= 11 is 13.5. The zero-order valence-corrected chi connectivity index (χ0v) is 23.1. The van der Waals surface area contributed by atoms with E-state index in [0.717, 1.165) is 10.9 Å². The van der Waals surface area contributed by atoms with E-state index >= 15 is 0 Å². The van der Waals surface area contributed by atoms with Crippen molar-refractivity contribution < 1.29 is 9.21 Å². The van der Waals surface area contributed by atoms with Crippen molar-refractivity contribution >= 4 is 57.1 Å². The van der Waals surface area contributed by atoms with Crippen LogP contribution in [0.3, 0.4) is 0 Å². The van der Waals surface area contributed by atoms with Crippen molar-refractivity contribution in [3.8, 4) is 11.3 Å². The molecule has 1 amide bonds. The Kier molecular flexibility index (Phi) is 7.01. The van der Waals surface area contributed by atoms with Gasteiger partial charge in [0, 0.05) is 16.3 Å². The first-order chi connectivity index (χ1) is 18.1. The standard InChI is InChI=1S/C29H23Cl2N3O3S/c1-29(2,3)19-10-8-17(9-11-19)26(35)33-34-24(21-14-18-6-4-5-7-25(18)37-27(21)36)16-38-28(34)32-20-12-13-22(30)23(31)15-20/h4-16H,1-3H3,(H,33,35). The molecule has 0 radical (unpaired) electrons. The molecular weight excluding hydrogens is 541 g/mol. The molecule has 2 heterocycles. The number of nitrogens with zero attached hydrogens (tertiary/aromatic N) is 2. The first-order valence-electron chi connectivity index (χ1n) is 11.8. The Morgan fingerprint density at radius 3 is 2.42 bits per heavy atom. The lowest BCUT2D eigenvalue weighted by molar-refractivity contribution is 0.101. The van der Waals surface area contributed by atoms with Gasteiger partial charge in [0.25, 0.3) is 5.91 Å². The molecular formula is C29H23Cl2N3O3S. The summed E-state index contributed by atoms with van der Waals surface area (Å²) in [5.74, 6) is -0.356. The molecule has 0 saturated carbocycles. The van der Waals surface area contributed by atoms with Gasteiger partial charge in [0.1, 0.15) is 5.58 Å². The van der Waals surface area contributed by atoms with Gasteiger partial charge in [-0.15, -0.1) is 11.3 Å². The van der Waals surface area contributed by atoms with Crippen LogP contribution in [0.2, 0.25) is 10.0 Å². The summed E-state index contributed by atoms with van der Waals surface area (Å²) in [5.41, 5.74) is 5.66. The van der Waals surface area contributed by atoms with Gasteiger partial charge < -0.3 is 4.42 Å². The van der Waals surface area contributed by atoms with Crippen molar-refractivity contribution in [2.24, 2.45) is 4.99 Å². The highest BCUT2D eigenvalue weighted by molar-refractivity contribution is 7.07. The number of hydrogen-bond acceptors (Lipinski definition) is 5. The second-order valence-electron chi connectivity index (χ2n) is 9.70. The minimum absolute atomic E-state index is 0.0414. The molecule has 0 aliphatic rings. The van der Waals surface area contributed by atoms with Gasteiger partial charge in [0.2, 0.25) is 4.80 Å². The fraction of sp³-hybridized carbons (Fsp3) is 0.138. The number of thiazole rings is 1. The van der Waals surface area contributed by atoms with Gasteiger partial charge in [0.15, 0.2) is 0 Å². The van der Waals surface area contributed by atoms with Crippen LogP contribution in [0.4, 0.5) is 5.69 Å². The molecule has 0 unspecified atom stereocenters. The maximum Gasteiger partial charge on any atom is 0.345 e. The van der Waals surface area contributed by atoms with Crippen molar-refractivity contribution in [1.29, 1.82) is 0 Å². The molecule has 0 fully saturated rings. The molecule has 0 aliphatic carbocycles. The largest absolute Gasteiger partial charge is 0.422 e. The molecule has 0 aliphatic heterocycles. The molecule has 0 saturated heterocycles. The Balaban J connectivity index is 1.63. The van der Waals surface area contributed by atoms with Crippen molar-refractivity contribution in [3.05, 3.63) is 115 Å². The van der Waals surface area contributed by atoms with Crippen LogP contribution in [-0.4, -0.2) is 10.6 Å². The number of carbonyl (C=O) groups is 1. The summed E-state index contributed by atoms with van der Waals surface area (Å²) in [6.45, 7) is 6.34. The van der Waals surface area contributed by atoms with Crippen molar-refractivity contribution in [2.45, 2.75) is 26.2 Å². The van der Waals surface area contributed by atoms with E-state index in [9.17, 15) is 9.59 Å². The molecule has 0 atom stereocenters. The predicted molar refractivity (Wildman–Crippen MR) is 154 cm³/mol. The Bertz CT molecular complexity index is 1800. The summed E-state index contributed by atoms with van der Waals surface area (Å²) in [4.78, 5) is 31.4. The number of halogens is 2. The van der Waals surface area contributed by atoms with E-state index in [1.807, 2.05) is 24.3 Å². The Morgan fingerprint density at radius 1 is 0.974 bits per heavy atom. The number of aromatic nitrogens is 1. The first-order valence-corrected chi connectivity index (χ1v) is 13.4. The van der Waals surface area contributed by atoms with Gasteiger partial charge in [-0.1, -0.05) is 74.3 Å². The average molecular weight is 564 g/mol. The number of benzene rings is 3. The lowest BCUT2D eigenvalue weighted by Gasteiger charge is -2.19. The molecule has 1 N–H and O–H groups in total. The van der Waals surface area contributed by atoms with Crippen molar-refractivity contribution in [3.63, 3.8) is 0 Å². The Morgan fingerprint density at radius 2 is 1.71 bits per heavy atom. The monoisotopic (exact) mass is 563 g/mol. The maximum atomic E-state index is 13.3. The highest BCUT2D eigenvalue weighted by Crippen LogP contribution is 2.27. The van der Waals surface area contributed by atoms with Crippen molar-refractivity contribution in [1.82, 2.24) is 4.68 Å². The Labute approximate surface area is 232 Å². The Hall–Kier alpha value is -3.65. The van der Waals surface area contributed by atoms with Gasteiger partial charge in [-0.3, -0.25) is 10.2 Å². The van der Waals surface area contributed by atoms with Crippen LogP contribution >= 0.6 is 34.5 Å². The summed E-state index contributed by atoms with van der Waals surface area (Å²) in [6, 6.07) is 21.4. The molecule has 5 rings (SSSR count). The van der Waals surface area contributed by atoms with Crippen LogP contribution in [0.5, 0.6) is 0 Å². The smallest absolute Gasteiger partial charge is 0.345 e. The molecule has 38 heavy (non-hydrogen) atoms. The molecule has 0 spiro atoms. The predicted octanol–water partition coefficient (Wildman–Crippen LogP) is 7.54. The van der Waals surface area contributed by atoms with E-state index in [1.54, 1.807) is 53.9 Å². The minimum Gasteiger partial charge on any atom is -0.422 e. The lowest BCUT2D eigenvalue weighted by atomic mass is 9.87. The topological polar surface area (TPSA) is 76.6 Å².